The average Bonchev–Trinajstić information content (AvgIpc) is 2.26. The van der Waals surface area contributed by atoms with E-state index in [0.717, 1.165) is 5.56 Å². The SMILES string of the molecule is COC(=O)/C=C/c1ccccc1NC(C)=O. The molecule has 0 aromatic heterocycles. The number of benzene rings is 1. The Morgan fingerprint density at radius 2 is 2.00 bits per heavy atom. The van der Waals surface area contributed by atoms with Crippen molar-refractivity contribution in [3.8, 4) is 0 Å². The van der Waals surface area contributed by atoms with Gasteiger partial charge in [0.2, 0.25) is 5.91 Å². The number of para-hydroxylation sites is 1. The maximum atomic E-state index is 10.9. The number of carbonyl (C=O) groups is 2. The lowest BCUT2D eigenvalue weighted by molar-refractivity contribution is -0.134. The second-order valence-corrected chi connectivity index (χ2v) is 3.12. The maximum absolute atomic E-state index is 10.9. The van der Waals surface area contributed by atoms with E-state index in [1.165, 1.54) is 20.1 Å². The fourth-order valence-electron chi connectivity index (χ4n) is 1.17. The summed E-state index contributed by atoms with van der Waals surface area (Å²) in [5.74, 6) is -0.587. The topological polar surface area (TPSA) is 55.4 Å². The predicted octanol–water partition coefficient (Wildman–Crippen LogP) is 1.83. The van der Waals surface area contributed by atoms with Gasteiger partial charge in [-0.3, -0.25) is 4.79 Å². The Morgan fingerprint density at radius 3 is 2.62 bits per heavy atom. The second kappa shape index (κ2) is 5.70. The minimum atomic E-state index is -0.433. The highest BCUT2D eigenvalue weighted by Gasteiger charge is 2.00. The zero-order chi connectivity index (χ0) is 12.0. The van der Waals surface area contributed by atoms with Gasteiger partial charge >= 0.3 is 5.97 Å². The third kappa shape index (κ3) is 3.57. The largest absolute Gasteiger partial charge is 0.466 e. The summed E-state index contributed by atoms with van der Waals surface area (Å²) < 4.78 is 4.48. The second-order valence-electron chi connectivity index (χ2n) is 3.12. The summed E-state index contributed by atoms with van der Waals surface area (Å²) in [5, 5.41) is 2.67. The Morgan fingerprint density at radius 1 is 1.31 bits per heavy atom. The Balaban J connectivity index is 2.90. The maximum Gasteiger partial charge on any atom is 0.330 e. The van der Waals surface area contributed by atoms with Crippen LogP contribution in [0.5, 0.6) is 0 Å². The number of hydrogen-bond donors (Lipinski definition) is 1. The van der Waals surface area contributed by atoms with Crippen molar-refractivity contribution < 1.29 is 14.3 Å². The van der Waals surface area contributed by atoms with Gasteiger partial charge in [-0.25, -0.2) is 4.79 Å². The lowest BCUT2D eigenvalue weighted by Crippen LogP contribution is -2.06. The number of amides is 1. The standard InChI is InChI=1S/C12H13NO3/c1-9(14)13-11-6-4-3-5-10(11)7-8-12(15)16-2/h3-8H,1-2H3,(H,13,14)/b8-7+. The van der Waals surface area contributed by atoms with Crippen LogP contribution in [0, 0.1) is 0 Å². The number of nitrogens with one attached hydrogen (secondary N) is 1. The molecule has 0 aliphatic carbocycles. The Bertz CT molecular complexity index is 424. The fraction of sp³-hybridized carbons (Fsp3) is 0.167. The molecule has 0 bridgehead atoms. The molecule has 0 saturated carbocycles. The minimum Gasteiger partial charge on any atom is -0.466 e. The highest BCUT2D eigenvalue weighted by atomic mass is 16.5. The van der Waals surface area contributed by atoms with Gasteiger partial charge < -0.3 is 10.1 Å². The van der Waals surface area contributed by atoms with Crippen LogP contribution in [0.4, 0.5) is 5.69 Å². The van der Waals surface area contributed by atoms with Gasteiger partial charge in [-0.1, -0.05) is 18.2 Å². The van der Waals surface area contributed by atoms with Gasteiger partial charge in [-0.15, -0.1) is 0 Å². The molecule has 0 aliphatic heterocycles. The van der Waals surface area contributed by atoms with Crippen molar-refractivity contribution in [2.24, 2.45) is 0 Å². The summed E-state index contributed by atoms with van der Waals surface area (Å²) in [7, 11) is 1.31. The van der Waals surface area contributed by atoms with Crippen molar-refractivity contribution in [3.05, 3.63) is 35.9 Å². The van der Waals surface area contributed by atoms with Gasteiger partial charge in [0.25, 0.3) is 0 Å². The van der Waals surface area contributed by atoms with Crippen LogP contribution in [0.2, 0.25) is 0 Å². The Hall–Kier alpha value is -2.10. The van der Waals surface area contributed by atoms with Crippen LogP contribution < -0.4 is 5.32 Å². The van der Waals surface area contributed by atoms with Gasteiger partial charge in [-0.05, 0) is 17.7 Å². The molecule has 0 heterocycles. The van der Waals surface area contributed by atoms with Crippen molar-refractivity contribution in [1.29, 1.82) is 0 Å². The highest BCUT2D eigenvalue weighted by molar-refractivity contribution is 5.93. The number of methoxy groups -OCH3 is 1. The van der Waals surface area contributed by atoms with Crippen LogP contribution >= 0.6 is 0 Å². The normalized spacial score (nSPS) is 10.1. The number of ether oxygens (including phenoxy) is 1. The molecule has 4 nitrogen and oxygen atoms in total. The number of anilines is 1. The molecular weight excluding hydrogens is 206 g/mol. The molecule has 1 amide bonds. The first-order valence-corrected chi connectivity index (χ1v) is 4.76. The lowest BCUT2D eigenvalue weighted by atomic mass is 10.1. The van der Waals surface area contributed by atoms with E-state index in [1.54, 1.807) is 24.3 Å². The summed E-state index contributed by atoms with van der Waals surface area (Å²) in [6.07, 6.45) is 2.90. The van der Waals surface area contributed by atoms with Crippen molar-refractivity contribution >= 4 is 23.6 Å². The molecule has 0 aliphatic rings. The van der Waals surface area contributed by atoms with E-state index in [-0.39, 0.29) is 5.91 Å². The number of carbonyl (C=O) groups excluding carboxylic acids is 2. The van der Waals surface area contributed by atoms with Crippen LogP contribution in [0.15, 0.2) is 30.3 Å². The summed E-state index contributed by atoms with van der Waals surface area (Å²) >= 11 is 0. The average molecular weight is 219 g/mol. The minimum absolute atomic E-state index is 0.154. The van der Waals surface area contributed by atoms with Gasteiger partial charge in [-0.2, -0.15) is 0 Å². The quantitative estimate of drug-likeness (QED) is 0.623. The third-order valence-electron chi connectivity index (χ3n) is 1.87. The molecule has 0 radical (unpaired) electrons. The monoisotopic (exact) mass is 219 g/mol. The zero-order valence-corrected chi connectivity index (χ0v) is 9.19. The Labute approximate surface area is 93.9 Å². The zero-order valence-electron chi connectivity index (χ0n) is 9.19. The van der Waals surface area contributed by atoms with Crippen LogP contribution in [0.1, 0.15) is 12.5 Å². The van der Waals surface area contributed by atoms with E-state index in [4.69, 9.17) is 0 Å². The molecule has 0 atom stereocenters. The number of hydrogen-bond acceptors (Lipinski definition) is 3. The van der Waals surface area contributed by atoms with E-state index in [0.29, 0.717) is 5.69 Å². The summed E-state index contributed by atoms with van der Waals surface area (Å²) in [5.41, 5.74) is 1.42. The van der Waals surface area contributed by atoms with E-state index < -0.39 is 5.97 Å². The van der Waals surface area contributed by atoms with Crippen molar-refractivity contribution in [2.45, 2.75) is 6.92 Å². The molecule has 1 aromatic rings. The van der Waals surface area contributed by atoms with Gasteiger partial charge in [0, 0.05) is 18.7 Å². The molecule has 1 rings (SSSR count). The summed E-state index contributed by atoms with van der Waals surface area (Å²) in [6, 6.07) is 7.19. The predicted molar refractivity (Wildman–Crippen MR) is 61.8 cm³/mol. The summed E-state index contributed by atoms with van der Waals surface area (Å²) in [6.45, 7) is 1.43. The molecule has 0 saturated heterocycles. The van der Waals surface area contributed by atoms with E-state index in [2.05, 4.69) is 10.1 Å². The molecule has 16 heavy (non-hydrogen) atoms. The smallest absolute Gasteiger partial charge is 0.330 e. The number of rotatable bonds is 3. The molecular formula is C12H13NO3. The lowest BCUT2D eigenvalue weighted by Gasteiger charge is -2.05. The van der Waals surface area contributed by atoms with Crippen LogP contribution in [0.3, 0.4) is 0 Å². The van der Waals surface area contributed by atoms with E-state index in [1.807, 2.05) is 6.07 Å². The van der Waals surface area contributed by atoms with Gasteiger partial charge in [0.15, 0.2) is 0 Å². The van der Waals surface area contributed by atoms with Crippen LogP contribution in [0.25, 0.3) is 6.08 Å². The molecule has 0 unspecified atom stereocenters. The molecule has 1 N–H and O–H groups in total. The first-order valence-electron chi connectivity index (χ1n) is 4.76. The first-order chi connectivity index (χ1) is 7.63. The fourth-order valence-corrected chi connectivity index (χ4v) is 1.17. The number of esters is 1. The van der Waals surface area contributed by atoms with Crippen LogP contribution in [-0.4, -0.2) is 19.0 Å². The van der Waals surface area contributed by atoms with Gasteiger partial charge in [0.1, 0.15) is 0 Å². The van der Waals surface area contributed by atoms with Crippen LogP contribution in [-0.2, 0) is 14.3 Å². The molecule has 0 fully saturated rings. The molecule has 4 heteroatoms. The highest BCUT2D eigenvalue weighted by Crippen LogP contribution is 2.16. The molecule has 1 aromatic carbocycles. The first kappa shape index (κ1) is 12.0. The van der Waals surface area contributed by atoms with E-state index in [9.17, 15) is 9.59 Å². The van der Waals surface area contributed by atoms with E-state index >= 15 is 0 Å². The van der Waals surface area contributed by atoms with Crippen molar-refractivity contribution in [2.75, 3.05) is 12.4 Å². The third-order valence-corrected chi connectivity index (χ3v) is 1.87. The van der Waals surface area contributed by atoms with Crippen molar-refractivity contribution in [1.82, 2.24) is 0 Å². The van der Waals surface area contributed by atoms with Crippen molar-refractivity contribution in [3.63, 3.8) is 0 Å². The molecule has 84 valence electrons. The van der Waals surface area contributed by atoms with Gasteiger partial charge in [0.05, 0.1) is 7.11 Å². The Kier molecular flexibility index (Phi) is 4.27. The molecule has 0 spiro atoms. The summed E-state index contributed by atoms with van der Waals surface area (Å²) in [4.78, 5) is 21.9.